The van der Waals surface area contributed by atoms with Crippen LogP contribution in [0.25, 0.3) is 0 Å². The summed E-state index contributed by atoms with van der Waals surface area (Å²) in [5.41, 5.74) is 2.40. The lowest BCUT2D eigenvalue weighted by Gasteiger charge is -2.44. The number of aromatic nitrogens is 2. The van der Waals surface area contributed by atoms with Crippen molar-refractivity contribution in [2.75, 3.05) is 16.8 Å². The van der Waals surface area contributed by atoms with Gasteiger partial charge >= 0.3 is 0 Å². The lowest BCUT2D eigenvalue weighted by Crippen LogP contribution is -2.48. The zero-order chi connectivity index (χ0) is 21.1. The van der Waals surface area contributed by atoms with Crippen LogP contribution in [0.15, 0.2) is 30.6 Å². The molecule has 1 aliphatic heterocycles. The summed E-state index contributed by atoms with van der Waals surface area (Å²) >= 11 is 0. The first-order chi connectivity index (χ1) is 13.9. The predicted molar refractivity (Wildman–Crippen MR) is 109 cm³/mol. The molecule has 2 aromatic rings. The zero-order valence-corrected chi connectivity index (χ0v) is 16.9. The Balaban J connectivity index is 2.06. The molecule has 2 heterocycles. The summed E-state index contributed by atoms with van der Waals surface area (Å²) in [5.74, 6) is 0.354. The van der Waals surface area contributed by atoms with Gasteiger partial charge in [-0.3, -0.25) is 9.59 Å². The summed E-state index contributed by atoms with van der Waals surface area (Å²) in [6.45, 7) is 8.00. The first kappa shape index (κ1) is 20.3. The van der Waals surface area contributed by atoms with Gasteiger partial charge in [0.2, 0.25) is 5.91 Å². The van der Waals surface area contributed by atoms with Crippen LogP contribution in [0.4, 0.5) is 11.5 Å². The number of hydrogen-bond donors (Lipinski definition) is 2. The van der Waals surface area contributed by atoms with Crippen molar-refractivity contribution < 1.29 is 9.59 Å². The Morgan fingerprint density at radius 1 is 1.24 bits per heavy atom. The van der Waals surface area contributed by atoms with E-state index in [0.717, 1.165) is 11.3 Å². The minimum absolute atomic E-state index is 0.0355. The molecule has 0 saturated heterocycles. The summed E-state index contributed by atoms with van der Waals surface area (Å²) in [7, 11) is 0. The molecular formula is C21H24N6O2. The molecule has 3 atom stereocenters. The highest BCUT2D eigenvalue weighted by Crippen LogP contribution is 2.42. The molecule has 1 aromatic carbocycles. The van der Waals surface area contributed by atoms with E-state index in [4.69, 9.17) is 5.26 Å². The summed E-state index contributed by atoms with van der Waals surface area (Å²) < 4.78 is 0. The van der Waals surface area contributed by atoms with Crippen LogP contribution in [0.3, 0.4) is 0 Å². The largest absolute Gasteiger partial charge is 0.362 e. The van der Waals surface area contributed by atoms with Crippen molar-refractivity contribution in [3.05, 3.63) is 47.4 Å². The highest BCUT2D eigenvalue weighted by Gasteiger charge is 2.38. The molecule has 0 fully saturated rings. The average molecular weight is 392 g/mol. The van der Waals surface area contributed by atoms with Crippen molar-refractivity contribution in [1.29, 1.82) is 5.26 Å². The second-order valence-electron chi connectivity index (χ2n) is 7.14. The van der Waals surface area contributed by atoms with Crippen molar-refractivity contribution in [2.24, 2.45) is 5.92 Å². The molecule has 1 aromatic heterocycles. The van der Waals surface area contributed by atoms with E-state index in [2.05, 4.69) is 27.5 Å². The lowest BCUT2D eigenvalue weighted by molar-refractivity contribution is -0.117. The number of hydrogen-bond acceptors (Lipinski definition) is 6. The Labute approximate surface area is 170 Å². The average Bonchev–Trinajstić information content (AvgIpc) is 2.71. The number of fused-ring (bicyclic) bond motifs is 1. The molecule has 3 rings (SSSR count). The third-order valence-corrected chi connectivity index (χ3v) is 5.32. The zero-order valence-electron chi connectivity index (χ0n) is 16.9. The van der Waals surface area contributed by atoms with Crippen molar-refractivity contribution in [3.63, 3.8) is 0 Å². The molecule has 8 nitrogen and oxygen atoms in total. The van der Waals surface area contributed by atoms with Gasteiger partial charge in [-0.2, -0.15) is 5.26 Å². The van der Waals surface area contributed by atoms with Crippen LogP contribution in [-0.4, -0.2) is 34.4 Å². The third-order valence-electron chi connectivity index (χ3n) is 5.32. The molecule has 0 bridgehead atoms. The number of nitrogens with zero attached hydrogens (tertiary/aromatic N) is 4. The Kier molecular flexibility index (Phi) is 5.78. The Morgan fingerprint density at radius 3 is 2.59 bits per heavy atom. The van der Waals surface area contributed by atoms with Crippen LogP contribution in [0.1, 0.15) is 55.4 Å². The molecule has 2 N–H and O–H groups in total. The van der Waals surface area contributed by atoms with E-state index >= 15 is 0 Å². The maximum absolute atomic E-state index is 12.4. The molecule has 150 valence electrons. The first-order valence-corrected chi connectivity index (χ1v) is 9.58. The number of nitrogens with one attached hydrogen (secondary N) is 2. The van der Waals surface area contributed by atoms with E-state index in [9.17, 15) is 9.59 Å². The van der Waals surface area contributed by atoms with Crippen LogP contribution in [0.5, 0.6) is 0 Å². The highest BCUT2D eigenvalue weighted by molar-refractivity contribution is 5.97. The van der Waals surface area contributed by atoms with Gasteiger partial charge in [0.25, 0.3) is 5.91 Å². The van der Waals surface area contributed by atoms with Gasteiger partial charge in [-0.1, -0.05) is 6.92 Å². The van der Waals surface area contributed by atoms with Gasteiger partial charge in [-0.05, 0) is 37.6 Å². The molecule has 1 aliphatic rings. The molecule has 0 spiro atoms. The molecule has 2 amide bonds. The van der Waals surface area contributed by atoms with Crippen molar-refractivity contribution in [2.45, 2.75) is 39.8 Å². The fraction of sp³-hybridized carbons (Fsp3) is 0.381. The Morgan fingerprint density at radius 2 is 2.00 bits per heavy atom. The standard InChI is InChI=1S/C21H24N6O2/c1-5-23-21(29)15-6-7-18-17(8-15)20(12(2)13(3)27(18)14(4)28)26-19-11-24-16(9-22)10-25-19/h6-8,10-13,20H,5H2,1-4H3,(H,23,29)(H,25,26). The van der Waals surface area contributed by atoms with Gasteiger partial charge in [-0.25, -0.2) is 9.97 Å². The molecule has 0 saturated carbocycles. The monoisotopic (exact) mass is 392 g/mol. The molecule has 3 unspecified atom stereocenters. The predicted octanol–water partition coefficient (Wildman–Crippen LogP) is 2.64. The van der Waals surface area contributed by atoms with Gasteiger partial charge in [0, 0.05) is 36.7 Å². The minimum atomic E-state index is -0.188. The lowest BCUT2D eigenvalue weighted by atomic mass is 9.82. The normalized spacial score (nSPS) is 20.4. The highest BCUT2D eigenvalue weighted by atomic mass is 16.2. The summed E-state index contributed by atoms with van der Waals surface area (Å²) in [4.78, 5) is 34.8. The Hall–Kier alpha value is -3.47. The SMILES string of the molecule is CCNC(=O)c1ccc2c(c1)C(Nc1cnc(C#N)cn1)C(C)C(C)N2C(C)=O. The fourth-order valence-corrected chi connectivity index (χ4v) is 3.73. The van der Waals surface area contributed by atoms with Crippen LogP contribution in [-0.2, 0) is 4.79 Å². The van der Waals surface area contributed by atoms with E-state index < -0.39 is 0 Å². The minimum Gasteiger partial charge on any atom is -0.362 e. The van der Waals surface area contributed by atoms with E-state index in [1.54, 1.807) is 17.9 Å². The molecule has 8 heteroatoms. The number of nitriles is 1. The van der Waals surface area contributed by atoms with Gasteiger partial charge in [0.05, 0.1) is 18.4 Å². The molecule has 0 aliphatic carbocycles. The fourth-order valence-electron chi connectivity index (χ4n) is 3.73. The maximum atomic E-state index is 12.4. The van der Waals surface area contributed by atoms with Gasteiger partial charge in [-0.15, -0.1) is 0 Å². The summed E-state index contributed by atoms with van der Waals surface area (Å²) in [5, 5.41) is 15.1. The number of benzene rings is 1. The first-order valence-electron chi connectivity index (χ1n) is 9.58. The van der Waals surface area contributed by atoms with E-state index in [1.165, 1.54) is 12.4 Å². The number of carbonyl (C=O) groups is 2. The number of anilines is 2. The third kappa shape index (κ3) is 3.90. The summed E-state index contributed by atoms with van der Waals surface area (Å²) in [6.07, 6.45) is 2.92. The van der Waals surface area contributed by atoms with Crippen molar-refractivity contribution >= 4 is 23.3 Å². The molecule has 29 heavy (non-hydrogen) atoms. The molecular weight excluding hydrogens is 368 g/mol. The number of carbonyl (C=O) groups excluding carboxylic acids is 2. The second-order valence-corrected chi connectivity index (χ2v) is 7.14. The van der Waals surface area contributed by atoms with Gasteiger partial charge in [0.1, 0.15) is 11.9 Å². The van der Waals surface area contributed by atoms with Crippen LogP contribution < -0.4 is 15.5 Å². The summed E-state index contributed by atoms with van der Waals surface area (Å²) in [6, 6.07) is 7.09. The van der Waals surface area contributed by atoms with E-state index in [0.29, 0.717) is 17.9 Å². The van der Waals surface area contributed by atoms with Gasteiger partial charge in [0.15, 0.2) is 5.69 Å². The smallest absolute Gasteiger partial charge is 0.251 e. The van der Waals surface area contributed by atoms with Crippen LogP contribution in [0.2, 0.25) is 0 Å². The van der Waals surface area contributed by atoms with Gasteiger partial charge < -0.3 is 15.5 Å². The maximum Gasteiger partial charge on any atom is 0.251 e. The van der Waals surface area contributed by atoms with E-state index in [1.807, 2.05) is 32.0 Å². The quantitative estimate of drug-likeness (QED) is 0.827. The van der Waals surface area contributed by atoms with E-state index in [-0.39, 0.29) is 35.5 Å². The second kappa shape index (κ2) is 8.27. The van der Waals surface area contributed by atoms with Crippen molar-refractivity contribution in [1.82, 2.24) is 15.3 Å². The number of amides is 2. The topological polar surface area (TPSA) is 111 Å². The Bertz CT molecular complexity index is 966. The van der Waals surface area contributed by atoms with Crippen molar-refractivity contribution in [3.8, 4) is 6.07 Å². The van der Waals surface area contributed by atoms with Crippen LogP contribution in [0, 0.1) is 17.2 Å². The molecule has 0 radical (unpaired) electrons. The van der Waals surface area contributed by atoms with Crippen LogP contribution >= 0.6 is 0 Å². The number of rotatable bonds is 4.